The summed E-state index contributed by atoms with van der Waals surface area (Å²) in [7, 11) is 0. The monoisotopic (exact) mass is 410 g/mol. The Morgan fingerprint density at radius 1 is 1.44 bits per heavy atom. The molecule has 25 heavy (non-hydrogen) atoms. The molecule has 0 fully saturated rings. The fourth-order valence-electron chi connectivity index (χ4n) is 2.09. The molecule has 0 aromatic carbocycles. The van der Waals surface area contributed by atoms with Gasteiger partial charge in [0.1, 0.15) is 0 Å². The summed E-state index contributed by atoms with van der Waals surface area (Å²) in [6.45, 7) is 4.74. The highest BCUT2D eigenvalue weighted by Gasteiger charge is 2.16. The molecule has 1 N–H and O–H groups in total. The van der Waals surface area contributed by atoms with E-state index in [4.69, 9.17) is 11.6 Å². The first-order valence-corrected chi connectivity index (χ1v) is 10.4. The number of thioether (sulfide) groups is 1. The number of aromatic amines is 1. The topological polar surface area (TPSA) is 61.9 Å². The van der Waals surface area contributed by atoms with Gasteiger partial charge in [-0.25, -0.2) is 4.98 Å². The summed E-state index contributed by atoms with van der Waals surface area (Å²) in [5, 5.41) is 9.62. The van der Waals surface area contributed by atoms with E-state index in [1.165, 1.54) is 23.1 Å². The van der Waals surface area contributed by atoms with Crippen LogP contribution in [0.3, 0.4) is 0 Å². The second kappa shape index (κ2) is 8.66. The van der Waals surface area contributed by atoms with Gasteiger partial charge in [0.15, 0.2) is 5.82 Å². The predicted molar refractivity (Wildman–Crippen MR) is 105 cm³/mol. The lowest BCUT2D eigenvalue weighted by molar-refractivity contribution is -0.128. The molecule has 0 radical (unpaired) electrons. The predicted octanol–water partition coefficient (Wildman–Crippen LogP) is 4.56. The van der Waals surface area contributed by atoms with E-state index in [9.17, 15) is 4.79 Å². The number of nitrogens with one attached hydrogen (secondary N) is 1. The number of nitrogens with zero attached hydrogens (tertiary/aromatic N) is 3. The van der Waals surface area contributed by atoms with E-state index in [0.29, 0.717) is 18.2 Å². The van der Waals surface area contributed by atoms with Crippen LogP contribution in [0.5, 0.6) is 0 Å². The second-order valence-corrected chi connectivity index (χ2v) is 8.69. The number of rotatable bonds is 8. The van der Waals surface area contributed by atoms with Gasteiger partial charge in [-0.15, -0.1) is 34.4 Å². The number of carbonyl (C=O) groups is 1. The van der Waals surface area contributed by atoms with Gasteiger partial charge in [-0.3, -0.25) is 9.89 Å². The van der Waals surface area contributed by atoms with E-state index >= 15 is 0 Å². The Morgan fingerprint density at radius 3 is 3.00 bits per heavy atom. The summed E-state index contributed by atoms with van der Waals surface area (Å²) in [4.78, 5) is 20.7. The maximum absolute atomic E-state index is 12.5. The number of hydrogen-bond donors (Lipinski definition) is 1. The van der Waals surface area contributed by atoms with Crippen LogP contribution in [0.4, 0.5) is 0 Å². The average molecular weight is 411 g/mol. The molecule has 0 aliphatic heterocycles. The first-order chi connectivity index (χ1) is 12.2. The number of carbonyl (C=O) groups excluding carboxylic acids is 1. The van der Waals surface area contributed by atoms with E-state index in [2.05, 4.69) is 21.8 Å². The maximum Gasteiger partial charge on any atom is 0.233 e. The van der Waals surface area contributed by atoms with Gasteiger partial charge in [0, 0.05) is 11.4 Å². The normalized spacial score (nSPS) is 10.8. The summed E-state index contributed by atoms with van der Waals surface area (Å²) >= 11 is 10.3. The minimum Gasteiger partial charge on any atom is -0.333 e. The molecular formula is C16H15ClN4OS3. The largest absolute Gasteiger partial charge is 0.333 e. The van der Waals surface area contributed by atoms with Gasteiger partial charge in [-0.2, -0.15) is 0 Å². The first kappa shape index (κ1) is 18.2. The van der Waals surface area contributed by atoms with Crippen molar-refractivity contribution in [2.45, 2.75) is 11.7 Å². The van der Waals surface area contributed by atoms with Crippen LogP contribution in [0, 0.1) is 0 Å². The molecule has 0 aliphatic carbocycles. The number of amides is 1. The highest BCUT2D eigenvalue weighted by atomic mass is 35.5. The van der Waals surface area contributed by atoms with Crippen molar-refractivity contribution in [1.29, 1.82) is 0 Å². The van der Waals surface area contributed by atoms with Crippen molar-refractivity contribution in [2.75, 3.05) is 12.3 Å². The lowest BCUT2D eigenvalue weighted by atomic mass is 10.4. The van der Waals surface area contributed by atoms with E-state index < -0.39 is 0 Å². The average Bonchev–Trinajstić information content (AvgIpc) is 3.33. The SMILES string of the molecule is C=CCN(Cc1ccc(Cl)s1)C(=O)CSc1n[nH]c(-c2cccs2)n1. The minimum absolute atomic E-state index is 0.0110. The van der Waals surface area contributed by atoms with Gasteiger partial charge in [0.05, 0.1) is 21.5 Å². The first-order valence-electron chi connectivity index (χ1n) is 7.37. The fourth-order valence-corrected chi connectivity index (χ4v) is 4.56. The molecule has 0 bridgehead atoms. The molecular weight excluding hydrogens is 396 g/mol. The van der Waals surface area contributed by atoms with Crippen molar-refractivity contribution < 1.29 is 4.79 Å². The molecule has 3 aromatic rings. The smallest absolute Gasteiger partial charge is 0.233 e. The number of H-pyrrole nitrogens is 1. The summed E-state index contributed by atoms with van der Waals surface area (Å²) in [6.07, 6.45) is 1.72. The molecule has 0 atom stereocenters. The van der Waals surface area contributed by atoms with Crippen molar-refractivity contribution in [3.8, 4) is 10.7 Å². The number of thiophene rings is 2. The third-order valence-electron chi connectivity index (χ3n) is 3.22. The van der Waals surface area contributed by atoms with Gasteiger partial charge >= 0.3 is 0 Å². The van der Waals surface area contributed by atoms with Crippen LogP contribution in [0.15, 0.2) is 47.5 Å². The minimum atomic E-state index is 0.0110. The molecule has 130 valence electrons. The van der Waals surface area contributed by atoms with Crippen molar-refractivity contribution in [1.82, 2.24) is 20.1 Å². The molecule has 0 saturated heterocycles. The fraction of sp³-hybridized carbons (Fsp3) is 0.188. The van der Waals surface area contributed by atoms with Crippen molar-refractivity contribution in [2.24, 2.45) is 0 Å². The van der Waals surface area contributed by atoms with Crippen LogP contribution in [0.1, 0.15) is 4.88 Å². The van der Waals surface area contributed by atoms with E-state index in [1.54, 1.807) is 22.3 Å². The van der Waals surface area contributed by atoms with Crippen LogP contribution in [-0.2, 0) is 11.3 Å². The van der Waals surface area contributed by atoms with Crippen LogP contribution in [0.25, 0.3) is 10.7 Å². The Labute approximate surface area is 162 Å². The standard InChI is InChI=1S/C16H15ClN4OS3/c1-2-7-21(9-11-5-6-13(17)25-11)14(22)10-24-16-18-15(19-20-16)12-4-3-8-23-12/h2-6,8H,1,7,9-10H2,(H,18,19,20). The third-order valence-corrected chi connectivity index (χ3v) is 6.15. The Bertz CT molecular complexity index is 843. The Morgan fingerprint density at radius 2 is 2.32 bits per heavy atom. The molecule has 3 aromatic heterocycles. The summed E-state index contributed by atoms with van der Waals surface area (Å²) < 4.78 is 0.720. The number of hydrogen-bond acceptors (Lipinski definition) is 6. The summed E-state index contributed by atoms with van der Waals surface area (Å²) in [5.41, 5.74) is 0. The molecule has 3 heterocycles. The van der Waals surface area contributed by atoms with Gasteiger partial charge in [-0.1, -0.05) is 35.5 Å². The lowest BCUT2D eigenvalue weighted by Crippen LogP contribution is -2.31. The summed E-state index contributed by atoms with van der Waals surface area (Å²) in [5.74, 6) is 1.01. The number of aromatic nitrogens is 3. The third kappa shape index (κ3) is 4.94. The van der Waals surface area contributed by atoms with Gasteiger partial charge in [-0.05, 0) is 23.6 Å². The quantitative estimate of drug-likeness (QED) is 0.437. The van der Waals surface area contributed by atoms with Crippen LogP contribution >= 0.6 is 46.0 Å². The van der Waals surface area contributed by atoms with Crippen LogP contribution in [-0.4, -0.2) is 38.3 Å². The molecule has 1 amide bonds. The Kier molecular flexibility index (Phi) is 6.30. The lowest BCUT2D eigenvalue weighted by Gasteiger charge is -2.19. The molecule has 3 rings (SSSR count). The molecule has 0 aliphatic rings. The Hall–Kier alpha value is -1.61. The van der Waals surface area contributed by atoms with Crippen molar-refractivity contribution in [3.05, 3.63) is 51.5 Å². The zero-order chi connectivity index (χ0) is 17.6. The van der Waals surface area contributed by atoms with Crippen molar-refractivity contribution >= 4 is 51.9 Å². The molecule has 0 saturated carbocycles. The van der Waals surface area contributed by atoms with E-state index in [-0.39, 0.29) is 11.7 Å². The molecule has 5 nitrogen and oxygen atoms in total. The van der Waals surface area contributed by atoms with E-state index in [1.807, 2.05) is 29.6 Å². The van der Waals surface area contributed by atoms with E-state index in [0.717, 1.165) is 19.9 Å². The molecule has 0 spiro atoms. The maximum atomic E-state index is 12.5. The number of halogens is 1. The Balaban J connectivity index is 1.58. The second-order valence-electron chi connectivity index (χ2n) is 5.00. The summed E-state index contributed by atoms with van der Waals surface area (Å²) in [6, 6.07) is 7.71. The van der Waals surface area contributed by atoms with Gasteiger partial charge < -0.3 is 4.90 Å². The van der Waals surface area contributed by atoms with Crippen LogP contribution < -0.4 is 0 Å². The molecule has 9 heteroatoms. The van der Waals surface area contributed by atoms with Gasteiger partial charge in [0.2, 0.25) is 11.1 Å². The highest BCUT2D eigenvalue weighted by Crippen LogP contribution is 2.25. The highest BCUT2D eigenvalue weighted by molar-refractivity contribution is 7.99. The van der Waals surface area contributed by atoms with Crippen molar-refractivity contribution in [3.63, 3.8) is 0 Å². The molecule has 0 unspecified atom stereocenters. The van der Waals surface area contributed by atoms with Gasteiger partial charge in [0.25, 0.3) is 0 Å². The van der Waals surface area contributed by atoms with Crippen LogP contribution in [0.2, 0.25) is 4.34 Å². The zero-order valence-electron chi connectivity index (χ0n) is 13.1. The zero-order valence-corrected chi connectivity index (χ0v) is 16.4.